The molecular weight excluding hydrogens is 574 g/mol. The van der Waals surface area contributed by atoms with Gasteiger partial charge in [-0.2, -0.15) is 0 Å². The minimum Gasteiger partial charge on any atom is -0.462 e. The Hall–Kier alpha value is -4.47. The second-order valence-corrected chi connectivity index (χ2v) is 11.5. The molecule has 0 amide bonds. The number of hydrogen-bond acceptors (Lipinski definition) is 10. The van der Waals surface area contributed by atoms with Crippen molar-refractivity contribution in [3.63, 3.8) is 0 Å². The summed E-state index contributed by atoms with van der Waals surface area (Å²) in [5.74, 6) is -2.04. The molecule has 10 heteroatoms. The SMILES string of the molecule is CC1=C(C(=O)OCCCCCCCCCCOC(=O)c2ccccc2)C(c2cccc3nonc23)C(C(=O)OC(C)C)=C(C)N1. The van der Waals surface area contributed by atoms with Gasteiger partial charge < -0.3 is 19.5 Å². The van der Waals surface area contributed by atoms with Crippen LogP contribution in [0, 0.1) is 0 Å². The molecule has 2 heterocycles. The van der Waals surface area contributed by atoms with Crippen molar-refractivity contribution in [3.05, 3.63) is 82.2 Å². The maximum atomic E-state index is 13.6. The molecule has 0 bridgehead atoms. The normalized spacial score (nSPS) is 14.9. The topological polar surface area (TPSA) is 130 Å². The zero-order chi connectivity index (χ0) is 32.2. The lowest BCUT2D eigenvalue weighted by Gasteiger charge is -2.30. The fraction of sp³-hybridized carbons (Fsp3) is 0.457. The van der Waals surface area contributed by atoms with Gasteiger partial charge in [0.2, 0.25) is 0 Å². The number of dihydropyridines is 1. The second-order valence-electron chi connectivity index (χ2n) is 11.5. The summed E-state index contributed by atoms with van der Waals surface area (Å²) in [5, 5.41) is 11.2. The van der Waals surface area contributed by atoms with E-state index in [4.69, 9.17) is 18.8 Å². The van der Waals surface area contributed by atoms with Crippen LogP contribution in [-0.4, -0.2) is 47.5 Å². The lowest BCUT2D eigenvalue weighted by molar-refractivity contribution is -0.143. The van der Waals surface area contributed by atoms with Crippen LogP contribution in [0.2, 0.25) is 0 Å². The average Bonchev–Trinajstić information content (AvgIpc) is 3.50. The first-order valence-electron chi connectivity index (χ1n) is 15.8. The molecule has 1 unspecified atom stereocenters. The Morgan fingerprint density at radius 1 is 0.733 bits per heavy atom. The van der Waals surface area contributed by atoms with E-state index < -0.39 is 17.9 Å². The summed E-state index contributed by atoms with van der Waals surface area (Å²) in [4.78, 5) is 38.9. The Labute approximate surface area is 264 Å². The number of carbonyl (C=O) groups excluding carboxylic acids is 3. The van der Waals surface area contributed by atoms with Gasteiger partial charge in [0.05, 0.1) is 41.9 Å². The van der Waals surface area contributed by atoms with E-state index in [1.54, 1.807) is 52.0 Å². The molecule has 0 saturated heterocycles. The van der Waals surface area contributed by atoms with E-state index in [1.165, 1.54) is 0 Å². The van der Waals surface area contributed by atoms with E-state index in [1.807, 2.05) is 24.3 Å². The fourth-order valence-electron chi connectivity index (χ4n) is 5.51. The molecule has 1 aromatic heterocycles. The van der Waals surface area contributed by atoms with Crippen LogP contribution in [0.4, 0.5) is 0 Å². The van der Waals surface area contributed by atoms with E-state index in [2.05, 4.69) is 15.6 Å². The van der Waals surface area contributed by atoms with Crippen LogP contribution >= 0.6 is 0 Å². The minimum atomic E-state index is -0.762. The standard InChI is InChI=1S/C35H43N3O7/c1-23(2)44-35(41)30-25(4)36-24(3)29(31(30)27-19-16-20-28-32(27)38-45-37-28)34(40)43-22-15-10-8-6-5-7-9-14-21-42-33(39)26-17-12-11-13-18-26/h11-13,16-20,23,31,36H,5-10,14-15,21-22H2,1-4H3. The molecule has 0 fully saturated rings. The molecule has 2 aromatic carbocycles. The number of aromatic nitrogens is 2. The Bertz CT molecular complexity index is 1520. The Morgan fingerprint density at radius 3 is 1.93 bits per heavy atom. The average molecular weight is 618 g/mol. The highest BCUT2D eigenvalue weighted by atomic mass is 16.6. The van der Waals surface area contributed by atoms with Crippen molar-refractivity contribution in [3.8, 4) is 0 Å². The molecular formula is C35H43N3O7. The molecule has 1 aliphatic rings. The molecule has 45 heavy (non-hydrogen) atoms. The van der Waals surface area contributed by atoms with Crippen LogP contribution in [0.25, 0.3) is 11.0 Å². The molecule has 4 rings (SSSR count). The summed E-state index contributed by atoms with van der Waals surface area (Å²) in [5.41, 5.74) is 4.05. The largest absolute Gasteiger partial charge is 0.462 e. The third kappa shape index (κ3) is 9.03. The van der Waals surface area contributed by atoms with Gasteiger partial charge in [0, 0.05) is 11.4 Å². The lowest BCUT2D eigenvalue weighted by atomic mass is 9.80. The minimum absolute atomic E-state index is 0.275. The molecule has 0 saturated carbocycles. The first-order chi connectivity index (χ1) is 21.8. The molecule has 10 nitrogen and oxygen atoms in total. The number of carbonyl (C=O) groups is 3. The van der Waals surface area contributed by atoms with Crippen molar-refractivity contribution >= 4 is 28.9 Å². The van der Waals surface area contributed by atoms with Gasteiger partial charge in [-0.3, -0.25) is 0 Å². The molecule has 1 aliphatic heterocycles. The van der Waals surface area contributed by atoms with Crippen LogP contribution in [0.15, 0.2) is 75.7 Å². The first-order valence-corrected chi connectivity index (χ1v) is 15.8. The Kier molecular flexibility index (Phi) is 12.3. The number of rotatable bonds is 16. The van der Waals surface area contributed by atoms with E-state index in [0.717, 1.165) is 51.4 Å². The van der Waals surface area contributed by atoms with Crippen molar-refractivity contribution in [2.45, 2.75) is 91.1 Å². The monoisotopic (exact) mass is 617 g/mol. The molecule has 1 N–H and O–H groups in total. The highest BCUT2D eigenvalue weighted by molar-refractivity contribution is 6.01. The first kappa shape index (κ1) is 33.4. The highest BCUT2D eigenvalue weighted by Gasteiger charge is 2.39. The summed E-state index contributed by atoms with van der Waals surface area (Å²) < 4.78 is 21.6. The third-order valence-electron chi connectivity index (χ3n) is 7.69. The number of hydrogen-bond donors (Lipinski definition) is 1. The highest BCUT2D eigenvalue weighted by Crippen LogP contribution is 2.41. The van der Waals surface area contributed by atoms with Crippen LogP contribution in [0.5, 0.6) is 0 Å². The summed E-state index contributed by atoms with van der Waals surface area (Å²) in [6.07, 6.45) is 7.54. The van der Waals surface area contributed by atoms with E-state index in [9.17, 15) is 14.4 Å². The fourth-order valence-corrected chi connectivity index (χ4v) is 5.51. The third-order valence-corrected chi connectivity index (χ3v) is 7.69. The van der Waals surface area contributed by atoms with E-state index in [-0.39, 0.29) is 18.7 Å². The predicted molar refractivity (Wildman–Crippen MR) is 169 cm³/mol. The van der Waals surface area contributed by atoms with Gasteiger partial charge in [-0.15, -0.1) is 0 Å². The number of unbranched alkanes of at least 4 members (excludes halogenated alkanes) is 7. The quantitative estimate of drug-likeness (QED) is 0.103. The maximum absolute atomic E-state index is 13.6. The van der Waals surface area contributed by atoms with Gasteiger partial charge >= 0.3 is 17.9 Å². The number of esters is 3. The van der Waals surface area contributed by atoms with Crippen molar-refractivity contribution in [2.75, 3.05) is 13.2 Å². The summed E-state index contributed by atoms with van der Waals surface area (Å²) in [6, 6.07) is 14.4. The van der Waals surface area contributed by atoms with Crippen LogP contribution in [0.3, 0.4) is 0 Å². The van der Waals surface area contributed by atoms with Crippen LogP contribution in [0.1, 0.15) is 101 Å². The van der Waals surface area contributed by atoms with Crippen molar-refractivity contribution < 1.29 is 33.2 Å². The van der Waals surface area contributed by atoms with Crippen molar-refractivity contribution in [1.82, 2.24) is 15.6 Å². The maximum Gasteiger partial charge on any atom is 0.338 e. The molecule has 0 spiro atoms. The number of benzene rings is 2. The molecule has 0 aliphatic carbocycles. The van der Waals surface area contributed by atoms with E-state index in [0.29, 0.717) is 51.3 Å². The smallest absolute Gasteiger partial charge is 0.338 e. The number of allylic oxidation sites excluding steroid dienone is 2. The van der Waals surface area contributed by atoms with Gasteiger partial charge in [0.1, 0.15) is 11.0 Å². The zero-order valence-corrected chi connectivity index (χ0v) is 26.6. The van der Waals surface area contributed by atoms with Gasteiger partial charge in [0.15, 0.2) is 0 Å². The molecule has 240 valence electrons. The zero-order valence-electron chi connectivity index (χ0n) is 26.6. The summed E-state index contributed by atoms with van der Waals surface area (Å²) in [7, 11) is 0. The van der Waals surface area contributed by atoms with Crippen LogP contribution < -0.4 is 5.32 Å². The van der Waals surface area contributed by atoms with Crippen LogP contribution in [-0.2, 0) is 23.8 Å². The Morgan fingerprint density at radius 2 is 1.31 bits per heavy atom. The van der Waals surface area contributed by atoms with Crippen molar-refractivity contribution in [1.29, 1.82) is 0 Å². The molecule has 1 atom stereocenters. The van der Waals surface area contributed by atoms with E-state index >= 15 is 0 Å². The van der Waals surface area contributed by atoms with Gasteiger partial charge in [-0.25, -0.2) is 19.0 Å². The number of fused-ring (bicyclic) bond motifs is 1. The lowest BCUT2D eigenvalue weighted by Crippen LogP contribution is -2.33. The van der Waals surface area contributed by atoms with Gasteiger partial charge in [0.25, 0.3) is 0 Å². The second kappa shape index (κ2) is 16.6. The number of nitrogens with one attached hydrogen (secondary N) is 1. The molecule has 0 radical (unpaired) electrons. The number of ether oxygens (including phenoxy) is 3. The van der Waals surface area contributed by atoms with Gasteiger partial charge in [-0.1, -0.05) is 68.9 Å². The summed E-state index contributed by atoms with van der Waals surface area (Å²) >= 11 is 0. The molecule has 3 aromatic rings. The predicted octanol–water partition coefficient (Wildman–Crippen LogP) is 6.93. The van der Waals surface area contributed by atoms with Gasteiger partial charge in [-0.05, 0) is 74.6 Å². The summed E-state index contributed by atoms with van der Waals surface area (Å²) in [6.45, 7) is 7.86. The van der Waals surface area contributed by atoms with Crippen molar-refractivity contribution in [2.24, 2.45) is 0 Å². The number of nitrogens with zero attached hydrogens (tertiary/aromatic N) is 2. The Balaban J connectivity index is 1.23.